The second kappa shape index (κ2) is 8.56. The van der Waals surface area contributed by atoms with Crippen LogP contribution in [0.15, 0.2) is 24.3 Å². The van der Waals surface area contributed by atoms with Crippen LogP contribution in [-0.4, -0.2) is 27.7 Å². The van der Waals surface area contributed by atoms with Crippen molar-refractivity contribution < 1.29 is 4.57 Å². The standard InChI is InChI=1S/C23H42BN3Si2/c1-17(2)26-19(5)20(6)27(18(3)4)23(26)24(25-29(10,11)12)21-15-13-14-16-22(21)28(7,8)9/h13-18H,1-12H3. The molecule has 0 fully saturated rings. The third-order valence-electron chi connectivity index (χ3n) is 5.60. The largest absolute Gasteiger partial charge is 0.674 e. The summed E-state index contributed by atoms with van der Waals surface area (Å²) in [4.78, 5) is 5.58. The summed E-state index contributed by atoms with van der Waals surface area (Å²) < 4.78 is 5.09. The Labute approximate surface area is 182 Å². The minimum Gasteiger partial charge on any atom is -0.674 e. The van der Waals surface area contributed by atoms with E-state index in [1.165, 1.54) is 27.8 Å². The Morgan fingerprint density at radius 3 is 1.93 bits per heavy atom. The summed E-state index contributed by atoms with van der Waals surface area (Å²) in [6, 6.07) is 9.92. The zero-order valence-electron chi connectivity index (χ0n) is 20.9. The summed E-state index contributed by atoms with van der Waals surface area (Å²) in [5, 5.41) is 1.54. The van der Waals surface area contributed by atoms with Gasteiger partial charge < -0.3 is 4.89 Å². The van der Waals surface area contributed by atoms with E-state index in [0.717, 1.165) is 0 Å². The lowest BCUT2D eigenvalue weighted by Crippen LogP contribution is -2.68. The van der Waals surface area contributed by atoms with Crippen molar-refractivity contribution in [3.63, 3.8) is 0 Å². The molecule has 1 aromatic carbocycles. The lowest BCUT2D eigenvalue weighted by atomic mass is 9.56. The number of hydrogen-bond acceptors (Lipinski definition) is 0. The van der Waals surface area contributed by atoms with Gasteiger partial charge in [0.25, 0.3) is 0 Å². The molecular formula is C23H42BN3Si2. The highest BCUT2D eigenvalue weighted by Crippen LogP contribution is 2.18. The van der Waals surface area contributed by atoms with Gasteiger partial charge in [0.1, 0.15) is 11.4 Å². The molecule has 1 heterocycles. The van der Waals surface area contributed by atoms with E-state index in [4.69, 9.17) is 4.89 Å². The van der Waals surface area contributed by atoms with E-state index in [1.54, 1.807) is 0 Å². The number of hydrogen-bond donors (Lipinski definition) is 0. The fraction of sp³-hybridized carbons (Fsp3) is 0.609. The molecule has 0 saturated carbocycles. The molecular weight excluding hydrogens is 385 g/mol. The maximum atomic E-state index is 5.58. The average molecular weight is 428 g/mol. The second-order valence-corrected chi connectivity index (χ2v) is 20.6. The van der Waals surface area contributed by atoms with Gasteiger partial charge in [0.05, 0.1) is 20.2 Å². The number of benzene rings is 1. The molecule has 0 N–H and O–H groups in total. The number of nitrogens with zero attached hydrogens (tertiary/aromatic N) is 3. The van der Waals surface area contributed by atoms with Crippen molar-refractivity contribution in [3.8, 4) is 0 Å². The number of imidazole rings is 1. The maximum absolute atomic E-state index is 5.58. The molecule has 0 saturated heterocycles. The van der Waals surface area contributed by atoms with Crippen LogP contribution >= 0.6 is 0 Å². The summed E-state index contributed by atoms with van der Waals surface area (Å²) in [5.74, 6) is 0. The summed E-state index contributed by atoms with van der Waals surface area (Å²) in [6.45, 7) is 28.3. The Bertz CT molecular complexity index is 827. The lowest BCUT2D eigenvalue weighted by Gasteiger charge is -2.41. The Balaban J connectivity index is 2.93. The van der Waals surface area contributed by atoms with Gasteiger partial charge in [-0.05, 0) is 27.7 Å². The van der Waals surface area contributed by atoms with E-state index in [1.807, 2.05) is 0 Å². The Morgan fingerprint density at radius 2 is 1.48 bits per heavy atom. The Morgan fingerprint density at radius 1 is 0.931 bits per heavy atom. The molecule has 160 valence electrons. The van der Waals surface area contributed by atoms with Crippen LogP contribution in [0.4, 0.5) is 0 Å². The van der Waals surface area contributed by atoms with Crippen LogP contribution in [-0.2, 0) is 0 Å². The Kier molecular flexibility index (Phi) is 7.13. The maximum Gasteiger partial charge on any atom is 0.192 e. The first-order valence-electron chi connectivity index (χ1n) is 11.1. The predicted octanol–water partition coefficient (Wildman–Crippen LogP) is 4.41. The monoisotopic (exact) mass is 427 g/mol. The predicted molar refractivity (Wildman–Crippen MR) is 136 cm³/mol. The topological polar surface area (TPSA) is 22.9 Å². The summed E-state index contributed by atoms with van der Waals surface area (Å²) in [6.07, 6.45) is 0. The number of aromatic nitrogens is 2. The smallest absolute Gasteiger partial charge is 0.192 e. The normalized spacial score (nSPS) is 12.9. The molecule has 0 spiro atoms. The van der Waals surface area contributed by atoms with E-state index >= 15 is 0 Å². The summed E-state index contributed by atoms with van der Waals surface area (Å²) in [5.41, 5.74) is 5.51. The summed E-state index contributed by atoms with van der Waals surface area (Å²) >= 11 is 0. The average Bonchev–Trinajstić information content (AvgIpc) is 2.83. The molecule has 0 atom stereocenters. The van der Waals surface area contributed by atoms with Crippen molar-refractivity contribution in [2.24, 2.45) is 0 Å². The highest BCUT2D eigenvalue weighted by molar-refractivity contribution is 7.06. The molecule has 3 nitrogen and oxygen atoms in total. The fourth-order valence-electron chi connectivity index (χ4n) is 4.45. The van der Waals surface area contributed by atoms with Gasteiger partial charge in [0, 0.05) is 13.8 Å². The third-order valence-corrected chi connectivity index (χ3v) is 8.70. The number of rotatable bonds is 7. The van der Waals surface area contributed by atoms with Gasteiger partial charge in [0.2, 0.25) is 0 Å². The molecule has 2 rings (SSSR count). The van der Waals surface area contributed by atoms with Crippen molar-refractivity contribution in [1.82, 2.24) is 4.57 Å². The van der Waals surface area contributed by atoms with Crippen LogP contribution < -0.4 is 20.9 Å². The van der Waals surface area contributed by atoms with E-state index in [9.17, 15) is 0 Å². The molecule has 0 bridgehead atoms. The fourth-order valence-corrected chi connectivity index (χ4v) is 7.16. The first-order valence-corrected chi connectivity index (χ1v) is 18.1. The molecule has 1 aromatic heterocycles. The second-order valence-electron chi connectivity index (χ2n) is 11.0. The van der Waals surface area contributed by atoms with Crippen LogP contribution in [0.3, 0.4) is 0 Å². The van der Waals surface area contributed by atoms with E-state index in [-0.39, 0.29) is 6.85 Å². The van der Waals surface area contributed by atoms with E-state index < -0.39 is 16.3 Å². The first-order chi connectivity index (χ1) is 13.2. The molecule has 0 unspecified atom stereocenters. The zero-order chi connectivity index (χ0) is 22.3. The van der Waals surface area contributed by atoms with Crippen molar-refractivity contribution in [2.75, 3.05) is 0 Å². The van der Waals surface area contributed by atoms with Crippen LogP contribution in [0.25, 0.3) is 4.89 Å². The van der Waals surface area contributed by atoms with Crippen LogP contribution in [0.1, 0.15) is 51.2 Å². The van der Waals surface area contributed by atoms with Crippen molar-refractivity contribution >= 4 is 39.5 Å². The minimum atomic E-state index is -1.68. The van der Waals surface area contributed by atoms with E-state index in [0.29, 0.717) is 12.1 Å². The minimum absolute atomic E-state index is 0.0850. The molecule has 0 aliphatic carbocycles. The Hall–Kier alpha value is -1.11. The molecule has 0 aliphatic heterocycles. The van der Waals surface area contributed by atoms with Gasteiger partial charge in [-0.3, -0.25) is 0 Å². The molecule has 2 aromatic rings. The van der Waals surface area contributed by atoms with Crippen molar-refractivity contribution in [1.29, 1.82) is 0 Å². The van der Waals surface area contributed by atoms with Gasteiger partial charge >= 0.3 is 0 Å². The quantitative estimate of drug-likeness (QED) is 0.461. The van der Waals surface area contributed by atoms with Crippen LogP contribution in [0, 0.1) is 13.8 Å². The van der Waals surface area contributed by atoms with Crippen molar-refractivity contribution in [3.05, 3.63) is 40.5 Å². The van der Waals surface area contributed by atoms with Gasteiger partial charge in [0.15, 0.2) is 12.6 Å². The molecule has 0 aliphatic rings. The zero-order valence-corrected chi connectivity index (χ0v) is 22.9. The first kappa shape index (κ1) is 24.2. The van der Waals surface area contributed by atoms with Crippen LogP contribution in [0.5, 0.6) is 0 Å². The molecule has 6 heteroatoms. The van der Waals surface area contributed by atoms with Gasteiger partial charge in [-0.2, -0.15) is 0 Å². The van der Waals surface area contributed by atoms with Gasteiger partial charge in [-0.25, -0.2) is 9.13 Å². The van der Waals surface area contributed by atoms with Gasteiger partial charge in [-0.1, -0.05) is 82.4 Å². The van der Waals surface area contributed by atoms with Crippen molar-refractivity contribution in [2.45, 2.75) is 92.9 Å². The molecule has 29 heavy (non-hydrogen) atoms. The third kappa shape index (κ3) is 5.15. The highest BCUT2D eigenvalue weighted by atomic mass is 28.3. The highest BCUT2D eigenvalue weighted by Gasteiger charge is 2.35. The SMILES string of the molecule is Cc1c(C)[n+](C(C)C)c(B([N-][Si](C)(C)C)c2ccccc2[Si](C)(C)C)n1C(C)C. The van der Waals surface area contributed by atoms with Gasteiger partial charge in [-0.15, -0.1) is 0 Å². The van der Waals surface area contributed by atoms with E-state index in [2.05, 4.69) is 114 Å². The van der Waals surface area contributed by atoms with Crippen LogP contribution in [0.2, 0.25) is 39.3 Å². The molecule has 0 amide bonds. The summed E-state index contributed by atoms with van der Waals surface area (Å²) in [7, 11) is -3.19. The molecule has 0 radical (unpaired) electrons. The lowest BCUT2D eigenvalue weighted by molar-refractivity contribution is -0.704.